The maximum Gasteiger partial charge on any atom is 0.194 e. The van der Waals surface area contributed by atoms with Crippen LogP contribution < -0.4 is 4.90 Å². The van der Waals surface area contributed by atoms with Crippen LogP contribution in [0, 0.1) is 6.57 Å². The highest BCUT2D eigenvalue weighted by atomic mass is 15.1. The van der Waals surface area contributed by atoms with Crippen LogP contribution in [0.15, 0.2) is 212 Å². The molecule has 2 aromatic heterocycles. The molecule has 0 atom stereocenters. The van der Waals surface area contributed by atoms with E-state index in [9.17, 15) is 0 Å². The van der Waals surface area contributed by atoms with Crippen LogP contribution in [-0.2, 0) is 0 Å². The number of aromatic nitrogens is 3. The lowest BCUT2D eigenvalue weighted by Gasteiger charge is -2.25. The molecule has 5 nitrogen and oxygen atoms in total. The van der Waals surface area contributed by atoms with Crippen molar-refractivity contribution in [2.45, 2.75) is 0 Å². The van der Waals surface area contributed by atoms with E-state index in [1.165, 1.54) is 0 Å². The lowest BCUT2D eigenvalue weighted by Crippen LogP contribution is -2.09. The van der Waals surface area contributed by atoms with Crippen LogP contribution in [0.5, 0.6) is 0 Å². The maximum absolute atomic E-state index is 8.08. The Morgan fingerprint density at radius 2 is 0.948 bits per heavy atom. The Morgan fingerprint density at radius 3 is 1.59 bits per heavy atom. The highest BCUT2D eigenvalue weighted by Gasteiger charge is 2.20. The second kappa shape index (κ2) is 14.9. The molecule has 58 heavy (non-hydrogen) atoms. The minimum Gasteiger partial charge on any atom is -0.310 e. The molecule has 0 aliphatic heterocycles. The van der Waals surface area contributed by atoms with Gasteiger partial charge in [0.2, 0.25) is 0 Å². The summed E-state index contributed by atoms with van der Waals surface area (Å²) >= 11 is 0. The predicted molar refractivity (Wildman–Crippen MR) is 239 cm³/mol. The van der Waals surface area contributed by atoms with Gasteiger partial charge in [0, 0.05) is 50.2 Å². The first-order valence-corrected chi connectivity index (χ1v) is 19.3. The summed E-state index contributed by atoms with van der Waals surface area (Å²) < 4.78 is 2.33. The van der Waals surface area contributed by atoms with Gasteiger partial charge in [0.1, 0.15) is 0 Å². The SMILES string of the molecule is [C-]#[N+]c1ccccc1-c1cc(-c2nc(-c3ccccc3)cc(-c3ccccc3)n2)cc(-n2c3ccccc3c3cc(N(c4ccccc4)c4ccccc4)ccc32)c1. The average Bonchev–Trinajstić information content (AvgIpc) is 3.64. The molecule has 0 spiro atoms. The molecule has 2 heterocycles. The van der Waals surface area contributed by atoms with Crippen LogP contribution in [0.25, 0.3) is 77.4 Å². The van der Waals surface area contributed by atoms with E-state index in [-0.39, 0.29) is 0 Å². The van der Waals surface area contributed by atoms with Crippen molar-refractivity contribution in [3.05, 3.63) is 224 Å². The topological polar surface area (TPSA) is 38.3 Å². The fourth-order valence-corrected chi connectivity index (χ4v) is 7.91. The Hall–Kier alpha value is -8.07. The number of fused-ring (bicyclic) bond motifs is 3. The molecular formula is C53H35N5. The predicted octanol–water partition coefficient (Wildman–Crippen LogP) is 14.3. The van der Waals surface area contributed by atoms with Crippen LogP contribution >= 0.6 is 0 Å². The lowest BCUT2D eigenvalue weighted by molar-refractivity contribution is 1.16. The summed E-state index contributed by atoms with van der Waals surface area (Å²) in [4.78, 5) is 16.7. The van der Waals surface area contributed by atoms with Gasteiger partial charge in [0.15, 0.2) is 11.5 Å². The third-order valence-electron chi connectivity index (χ3n) is 10.6. The fraction of sp³-hybridized carbons (Fsp3) is 0. The van der Waals surface area contributed by atoms with Crippen LogP contribution in [0.4, 0.5) is 22.7 Å². The zero-order chi connectivity index (χ0) is 38.8. The average molecular weight is 742 g/mol. The summed E-state index contributed by atoms with van der Waals surface area (Å²) in [6.07, 6.45) is 0. The van der Waals surface area contributed by atoms with Crippen molar-refractivity contribution in [2.75, 3.05) is 4.90 Å². The smallest absolute Gasteiger partial charge is 0.194 e. The monoisotopic (exact) mass is 741 g/mol. The van der Waals surface area contributed by atoms with Gasteiger partial charge >= 0.3 is 0 Å². The molecule has 0 saturated carbocycles. The van der Waals surface area contributed by atoms with Crippen molar-refractivity contribution in [1.29, 1.82) is 0 Å². The summed E-state index contributed by atoms with van der Waals surface area (Å²) in [6.45, 7) is 8.08. The molecule has 0 N–H and O–H groups in total. The fourth-order valence-electron chi connectivity index (χ4n) is 7.91. The molecule has 0 saturated heterocycles. The molecular weight excluding hydrogens is 707 g/mol. The summed E-state index contributed by atoms with van der Waals surface area (Å²) in [5, 5.41) is 2.27. The van der Waals surface area contributed by atoms with Crippen LogP contribution in [-0.4, -0.2) is 14.5 Å². The summed E-state index contributed by atoms with van der Waals surface area (Å²) in [7, 11) is 0. The van der Waals surface area contributed by atoms with E-state index in [1.54, 1.807) is 0 Å². The van der Waals surface area contributed by atoms with Gasteiger partial charge in [-0.2, -0.15) is 0 Å². The third kappa shape index (κ3) is 6.35. The number of benzene rings is 8. The van der Waals surface area contributed by atoms with E-state index >= 15 is 0 Å². The van der Waals surface area contributed by atoms with E-state index in [0.29, 0.717) is 11.5 Å². The van der Waals surface area contributed by atoms with Crippen molar-refractivity contribution < 1.29 is 0 Å². The second-order valence-electron chi connectivity index (χ2n) is 14.2. The Balaban J connectivity index is 1.22. The van der Waals surface area contributed by atoms with Gasteiger partial charge in [0.05, 0.1) is 29.0 Å². The van der Waals surface area contributed by atoms with Crippen LogP contribution in [0.3, 0.4) is 0 Å². The number of rotatable bonds is 8. The standard InChI is InChI=1S/C53H35N5/c1-54-48-28-16-14-26-45(48)39-32-40(53-55-49(37-18-6-2-7-19-37)36-50(56-53)38-20-8-3-9-21-38)34-44(33-39)58-51-29-17-15-27-46(51)47-35-43(30-31-52(47)58)57(41-22-10-4-11-23-41)42-24-12-5-13-25-42/h2-36H. The van der Waals surface area contributed by atoms with Crippen molar-refractivity contribution in [3.63, 3.8) is 0 Å². The Morgan fingerprint density at radius 1 is 0.414 bits per heavy atom. The van der Waals surface area contributed by atoms with Gasteiger partial charge in [-0.1, -0.05) is 140 Å². The summed E-state index contributed by atoms with van der Waals surface area (Å²) in [6, 6.07) is 73.1. The maximum atomic E-state index is 8.08. The van der Waals surface area contributed by atoms with Gasteiger partial charge in [-0.15, -0.1) is 0 Å². The molecule has 0 fully saturated rings. The van der Waals surface area contributed by atoms with E-state index in [4.69, 9.17) is 16.5 Å². The molecule has 10 aromatic rings. The van der Waals surface area contributed by atoms with Gasteiger partial charge < -0.3 is 9.47 Å². The minimum absolute atomic E-state index is 0.586. The molecule has 10 rings (SSSR count). The summed E-state index contributed by atoms with van der Waals surface area (Å²) in [5.74, 6) is 0.605. The number of nitrogens with zero attached hydrogens (tertiary/aromatic N) is 5. The minimum atomic E-state index is 0.586. The highest BCUT2D eigenvalue weighted by Crippen LogP contribution is 2.42. The van der Waals surface area contributed by atoms with Gasteiger partial charge in [0.25, 0.3) is 0 Å². The zero-order valence-corrected chi connectivity index (χ0v) is 31.4. The van der Waals surface area contributed by atoms with Gasteiger partial charge in [-0.25, -0.2) is 14.8 Å². The molecule has 8 aromatic carbocycles. The number of hydrogen-bond acceptors (Lipinski definition) is 3. The van der Waals surface area contributed by atoms with Crippen LogP contribution in [0.2, 0.25) is 0 Å². The van der Waals surface area contributed by atoms with Crippen molar-refractivity contribution in [2.24, 2.45) is 0 Å². The van der Waals surface area contributed by atoms with E-state index in [0.717, 1.165) is 83.8 Å². The van der Waals surface area contributed by atoms with Crippen molar-refractivity contribution in [3.8, 4) is 50.7 Å². The first kappa shape index (κ1) is 34.4. The summed E-state index contributed by atoms with van der Waals surface area (Å²) in [5.41, 5.74) is 13.2. The van der Waals surface area contributed by atoms with E-state index < -0.39 is 0 Å². The zero-order valence-electron chi connectivity index (χ0n) is 31.4. The third-order valence-corrected chi connectivity index (χ3v) is 10.6. The normalized spacial score (nSPS) is 11.1. The van der Waals surface area contributed by atoms with Gasteiger partial charge in [-0.05, 0) is 83.9 Å². The van der Waals surface area contributed by atoms with Gasteiger partial charge in [-0.3, -0.25) is 0 Å². The highest BCUT2D eigenvalue weighted by molar-refractivity contribution is 6.11. The molecule has 272 valence electrons. The van der Waals surface area contributed by atoms with Crippen LogP contribution in [0.1, 0.15) is 0 Å². The number of para-hydroxylation sites is 4. The quantitative estimate of drug-likeness (QED) is 0.146. The Kier molecular flexibility index (Phi) is 8.83. The molecule has 0 aliphatic carbocycles. The lowest BCUT2D eigenvalue weighted by atomic mass is 9.99. The molecule has 0 radical (unpaired) electrons. The number of hydrogen-bond donors (Lipinski definition) is 0. The molecule has 0 aliphatic rings. The molecule has 0 bridgehead atoms. The molecule has 0 amide bonds. The molecule has 5 heteroatoms. The van der Waals surface area contributed by atoms with E-state index in [2.05, 4.69) is 154 Å². The molecule has 0 unspecified atom stereocenters. The largest absolute Gasteiger partial charge is 0.310 e. The first-order chi connectivity index (χ1) is 28.7. The Labute approximate surface area is 337 Å². The van der Waals surface area contributed by atoms with E-state index in [1.807, 2.05) is 72.8 Å². The Bertz CT molecular complexity index is 3020. The number of anilines is 3. The van der Waals surface area contributed by atoms with Crippen molar-refractivity contribution >= 4 is 44.6 Å². The second-order valence-corrected chi connectivity index (χ2v) is 14.2. The first-order valence-electron chi connectivity index (χ1n) is 19.3. The van der Waals surface area contributed by atoms with Crippen molar-refractivity contribution in [1.82, 2.24) is 14.5 Å².